The SMILES string of the molecule is CN1CC[C@H](CNc2nccc(Nc3cc(C4CC4)[nH]n3)n2)C1. The van der Waals surface area contributed by atoms with E-state index in [4.69, 9.17) is 0 Å². The summed E-state index contributed by atoms with van der Waals surface area (Å²) >= 11 is 0. The van der Waals surface area contributed by atoms with Crippen LogP contribution in [0, 0.1) is 5.92 Å². The lowest BCUT2D eigenvalue weighted by Gasteiger charge is -2.12. The molecule has 2 fully saturated rings. The maximum Gasteiger partial charge on any atom is 0.224 e. The maximum atomic E-state index is 4.52. The average molecular weight is 313 g/mol. The van der Waals surface area contributed by atoms with E-state index in [9.17, 15) is 0 Å². The standard InChI is InChI=1S/C16H23N7/c1-23-7-5-11(10-23)9-18-16-17-6-4-14(20-16)19-15-8-13(21-22-15)12-2-3-12/h4,6,8,11-12H,2-3,5,7,9-10H2,1H3,(H3,17,18,19,20,21,22)/t11-/m1/s1. The number of hydrogen-bond donors (Lipinski definition) is 3. The lowest BCUT2D eigenvalue weighted by molar-refractivity contribution is 0.399. The van der Waals surface area contributed by atoms with Crippen LogP contribution in [0.5, 0.6) is 0 Å². The molecule has 3 N–H and O–H groups in total. The third-order valence-corrected chi connectivity index (χ3v) is 4.56. The number of hydrogen-bond acceptors (Lipinski definition) is 6. The van der Waals surface area contributed by atoms with E-state index in [0.717, 1.165) is 24.7 Å². The fourth-order valence-electron chi connectivity index (χ4n) is 3.08. The van der Waals surface area contributed by atoms with Gasteiger partial charge in [-0.05, 0) is 44.8 Å². The molecule has 3 heterocycles. The third-order valence-electron chi connectivity index (χ3n) is 4.56. The zero-order chi connectivity index (χ0) is 15.6. The van der Waals surface area contributed by atoms with Crippen LogP contribution < -0.4 is 10.6 Å². The van der Waals surface area contributed by atoms with Crippen molar-refractivity contribution in [2.24, 2.45) is 5.92 Å². The van der Waals surface area contributed by atoms with Gasteiger partial charge in [0.2, 0.25) is 5.95 Å². The number of nitrogens with one attached hydrogen (secondary N) is 3. The Morgan fingerprint density at radius 3 is 3.00 bits per heavy atom. The first-order valence-corrected chi connectivity index (χ1v) is 8.34. The van der Waals surface area contributed by atoms with E-state index in [2.05, 4.69) is 48.8 Å². The average Bonchev–Trinajstić information content (AvgIpc) is 3.16. The van der Waals surface area contributed by atoms with Gasteiger partial charge in [-0.1, -0.05) is 0 Å². The van der Waals surface area contributed by atoms with Crippen LogP contribution in [0.3, 0.4) is 0 Å². The fourth-order valence-corrected chi connectivity index (χ4v) is 3.08. The van der Waals surface area contributed by atoms with Gasteiger partial charge in [-0.25, -0.2) is 4.98 Å². The smallest absolute Gasteiger partial charge is 0.224 e. The van der Waals surface area contributed by atoms with E-state index < -0.39 is 0 Å². The van der Waals surface area contributed by atoms with Crippen molar-refractivity contribution < 1.29 is 0 Å². The Bertz CT molecular complexity index is 664. The van der Waals surface area contributed by atoms with Gasteiger partial charge in [0, 0.05) is 37.0 Å². The molecule has 4 rings (SSSR count). The fraction of sp³-hybridized carbons (Fsp3) is 0.562. The zero-order valence-electron chi connectivity index (χ0n) is 13.4. The second-order valence-electron chi connectivity index (χ2n) is 6.67. The molecule has 0 unspecified atom stereocenters. The second-order valence-corrected chi connectivity index (χ2v) is 6.67. The molecule has 7 nitrogen and oxygen atoms in total. The lowest BCUT2D eigenvalue weighted by Crippen LogP contribution is -2.19. The predicted octanol–water partition coefficient (Wildman–Crippen LogP) is 2.18. The minimum atomic E-state index is 0.669. The Labute approximate surface area is 135 Å². The predicted molar refractivity (Wildman–Crippen MR) is 90.0 cm³/mol. The minimum absolute atomic E-state index is 0.669. The molecule has 1 saturated carbocycles. The summed E-state index contributed by atoms with van der Waals surface area (Å²) in [6, 6.07) is 3.93. The summed E-state index contributed by atoms with van der Waals surface area (Å²) in [7, 11) is 2.17. The highest BCUT2D eigenvalue weighted by molar-refractivity contribution is 5.53. The highest BCUT2D eigenvalue weighted by Gasteiger charge is 2.25. The molecule has 2 aromatic rings. The quantitative estimate of drug-likeness (QED) is 0.758. The Hall–Kier alpha value is -2.15. The molecular formula is C16H23N7. The monoisotopic (exact) mass is 313 g/mol. The van der Waals surface area contributed by atoms with E-state index in [1.165, 1.54) is 31.5 Å². The van der Waals surface area contributed by atoms with Gasteiger partial charge in [0.25, 0.3) is 0 Å². The van der Waals surface area contributed by atoms with Crippen LogP contribution in [0.4, 0.5) is 17.6 Å². The first-order valence-electron chi connectivity index (χ1n) is 8.34. The number of anilines is 3. The van der Waals surface area contributed by atoms with Crippen LogP contribution in [-0.2, 0) is 0 Å². The number of aromatic nitrogens is 4. The molecule has 1 atom stereocenters. The summed E-state index contributed by atoms with van der Waals surface area (Å²) in [6.07, 6.45) is 5.53. The summed E-state index contributed by atoms with van der Waals surface area (Å²) < 4.78 is 0. The lowest BCUT2D eigenvalue weighted by atomic mass is 10.1. The molecule has 1 aliphatic heterocycles. The van der Waals surface area contributed by atoms with Crippen molar-refractivity contribution >= 4 is 17.6 Å². The zero-order valence-corrected chi connectivity index (χ0v) is 13.4. The minimum Gasteiger partial charge on any atom is -0.354 e. The van der Waals surface area contributed by atoms with Crippen LogP contribution in [0.2, 0.25) is 0 Å². The molecular weight excluding hydrogens is 290 g/mol. The molecule has 0 aromatic carbocycles. The first kappa shape index (κ1) is 14.4. The number of rotatable bonds is 6. The number of aromatic amines is 1. The molecule has 0 spiro atoms. The van der Waals surface area contributed by atoms with Crippen LogP contribution in [0.1, 0.15) is 30.9 Å². The van der Waals surface area contributed by atoms with Crippen molar-refractivity contribution in [2.75, 3.05) is 37.3 Å². The summed E-state index contributed by atoms with van der Waals surface area (Å²) in [5.41, 5.74) is 1.21. The molecule has 1 saturated heterocycles. The van der Waals surface area contributed by atoms with Gasteiger partial charge >= 0.3 is 0 Å². The van der Waals surface area contributed by atoms with E-state index >= 15 is 0 Å². The van der Waals surface area contributed by atoms with Gasteiger partial charge in [0.05, 0.1) is 0 Å². The van der Waals surface area contributed by atoms with Crippen LogP contribution in [0.25, 0.3) is 0 Å². The largest absolute Gasteiger partial charge is 0.354 e. The summed E-state index contributed by atoms with van der Waals surface area (Å²) in [4.78, 5) is 11.2. The van der Waals surface area contributed by atoms with Crippen molar-refractivity contribution in [3.05, 3.63) is 24.0 Å². The normalized spacial score (nSPS) is 21.5. The van der Waals surface area contributed by atoms with Gasteiger partial charge in [-0.2, -0.15) is 10.1 Å². The highest BCUT2D eigenvalue weighted by Crippen LogP contribution is 2.39. The van der Waals surface area contributed by atoms with Crippen LogP contribution in [-0.4, -0.2) is 51.7 Å². The van der Waals surface area contributed by atoms with Gasteiger partial charge in [-0.15, -0.1) is 0 Å². The molecule has 23 heavy (non-hydrogen) atoms. The Morgan fingerprint density at radius 1 is 1.30 bits per heavy atom. The van der Waals surface area contributed by atoms with E-state index in [-0.39, 0.29) is 0 Å². The highest BCUT2D eigenvalue weighted by atomic mass is 15.2. The van der Waals surface area contributed by atoms with Gasteiger partial charge < -0.3 is 15.5 Å². The van der Waals surface area contributed by atoms with Crippen molar-refractivity contribution in [2.45, 2.75) is 25.2 Å². The van der Waals surface area contributed by atoms with Crippen molar-refractivity contribution in [1.29, 1.82) is 0 Å². The van der Waals surface area contributed by atoms with Crippen molar-refractivity contribution in [3.63, 3.8) is 0 Å². The Balaban J connectivity index is 1.35. The topological polar surface area (TPSA) is 81.8 Å². The van der Waals surface area contributed by atoms with E-state index in [0.29, 0.717) is 17.8 Å². The number of nitrogens with zero attached hydrogens (tertiary/aromatic N) is 4. The van der Waals surface area contributed by atoms with Gasteiger partial charge in [0.1, 0.15) is 5.82 Å². The van der Waals surface area contributed by atoms with Crippen molar-refractivity contribution in [1.82, 2.24) is 25.1 Å². The number of H-pyrrole nitrogens is 1. The van der Waals surface area contributed by atoms with Crippen molar-refractivity contribution in [3.8, 4) is 0 Å². The van der Waals surface area contributed by atoms with Gasteiger partial charge in [-0.3, -0.25) is 5.10 Å². The van der Waals surface area contributed by atoms with Crippen LogP contribution in [0.15, 0.2) is 18.3 Å². The molecule has 1 aliphatic carbocycles. The second kappa shape index (κ2) is 6.16. The first-order chi connectivity index (χ1) is 11.3. The molecule has 2 aliphatic rings. The number of likely N-dealkylation sites (tertiary alicyclic amines) is 1. The Morgan fingerprint density at radius 2 is 2.22 bits per heavy atom. The Kier molecular flexibility index (Phi) is 3.87. The molecule has 0 bridgehead atoms. The molecule has 122 valence electrons. The molecule has 0 amide bonds. The van der Waals surface area contributed by atoms with Gasteiger partial charge in [0.15, 0.2) is 5.82 Å². The molecule has 0 radical (unpaired) electrons. The van der Waals surface area contributed by atoms with E-state index in [1.807, 2.05) is 6.07 Å². The molecule has 7 heteroatoms. The summed E-state index contributed by atoms with van der Waals surface area (Å²) in [6.45, 7) is 3.24. The summed E-state index contributed by atoms with van der Waals surface area (Å²) in [5, 5.41) is 14.0. The molecule has 2 aromatic heterocycles. The van der Waals surface area contributed by atoms with E-state index in [1.54, 1.807) is 6.20 Å². The maximum absolute atomic E-state index is 4.52. The van der Waals surface area contributed by atoms with Crippen LogP contribution >= 0.6 is 0 Å². The summed E-state index contributed by atoms with van der Waals surface area (Å²) in [5.74, 6) is 3.59. The third kappa shape index (κ3) is 3.61.